The van der Waals surface area contributed by atoms with Gasteiger partial charge in [0.2, 0.25) is 5.91 Å². The quantitative estimate of drug-likeness (QED) is 0.499. The van der Waals surface area contributed by atoms with Crippen molar-refractivity contribution in [1.82, 2.24) is 15.1 Å². The Labute approximate surface area is 203 Å². The van der Waals surface area contributed by atoms with Crippen LogP contribution in [0.3, 0.4) is 0 Å². The van der Waals surface area contributed by atoms with Gasteiger partial charge < -0.3 is 9.80 Å². The molecule has 3 fully saturated rings. The van der Waals surface area contributed by atoms with E-state index in [1.165, 1.54) is 4.90 Å². The molecule has 0 radical (unpaired) electrons. The summed E-state index contributed by atoms with van der Waals surface area (Å²) in [5, 5.41) is 2.59. The van der Waals surface area contributed by atoms with E-state index < -0.39 is 12.1 Å². The Balaban J connectivity index is 1.26. The number of likely N-dealkylation sites (tertiary alicyclic amines) is 2. The van der Waals surface area contributed by atoms with E-state index in [4.69, 9.17) is 21.4 Å². The van der Waals surface area contributed by atoms with Crippen molar-refractivity contribution in [2.45, 2.75) is 38.5 Å². The van der Waals surface area contributed by atoms with Crippen LogP contribution in [-0.4, -0.2) is 73.1 Å². The average molecular weight is 493 g/mol. The molecule has 0 aliphatic carbocycles. The molecule has 0 unspecified atom stereocenters. The molecule has 3 heterocycles. The van der Waals surface area contributed by atoms with E-state index in [1.807, 2.05) is 0 Å². The lowest BCUT2D eigenvalue weighted by Crippen LogP contribution is -2.49. The Kier molecular flexibility index (Phi) is 7.89. The lowest BCUT2D eigenvalue weighted by atomic mass is 9.97. The number of benzene rings is 1. The van der Waals surface area contributed by atoms with Crippen molar-refractivity contribution in [3.8, 4) is 0 Å². The third kappa shape index (κ3) is 5.79. The number of carbonyl (C=O) groups is 4. The van der Waals surface area contributed by atoms with E-state index in [1.54, 1.807) is 28.0 Å². The maximum atomic E-state index is 13.1. The summed E-state index contributed by atoms with van der Waals surface area (Å²) in [6.07, 6.45) is 4.30. The van der Waals surface area contributed by atoms with Crippen molar-refractivity contribution in [1.29, 1.82) is 0 Å². The molecule has 0 aromatic heterocycles. The first-order valence-corrected chi connectivity index (χ1v) is 12.1. The van der Waals surface area contributed by atoms with Gasteiger partial charge in [-0.15, -0.1) is 0 Å². The number of imide groups is 1. The van der Waals surface area contributed by atoms with Gasteiger partial charge in [-0.1, -0.05) is 11.6 Å². The normalized spacial score (nSPS) is 19.7. The second-order valence-electron chi connectivity index (χ2n) is 8.84. The second-order valence-corrected chi connectivity index (χ2v) is 9.25. The van der Waals surface area contributed by atoms with E-state index in [9.17, 15) is 19.2 Å². The molecule has 3 aliphatic heterocycles. The minimum absolute atomic E-state index is 0.151. The number of nitrogens with one attached hydrogen (secondary N) is 1. The fraction of sp³-hybridized carbons (Fsp3) is 0.565. The Morgan fingerprint density at radius 3 is 2.44 bits per heavy atom. The molecule has 34 heavy (non-hydrogen) atoms. The SMILES string of the molecule is O=C1CCN(c2cc(C(=O)N3CCC(COOC(=O)N4CCCCC4)CC3)ccc2Cl)C(=O)N1. The van der Waals surface area contributed by atoms with E-state index in [0.717, 1.165) is 32.1 Å². The third-order valence-electron chi connectivity index (χ3n) is 6.49. The summed E-state index contributed by atoms with van der Waals surface area (Å²) in [4.78, 5) is 63.6. The van der Waals surface area contributed by atoms with E-state index in [-0.39, 0.29) is 30.7 Å². The number of hydrogen-bond donors (Lipinski definition) is 1. The predicted molar refractivity (Wildman–Crippen MR) is 123 cm³/mol. The average Bonchev–Trinajstić information content (AvgIpc) is 2.85. The van der Waals surface area contributed by atoms with Gasteiger partial charge in [0.05, 0.1) is 17.3 Å². The first-order valence-electron chi connectivity index (χ1n) is 11.7. The van der Waals surface area contributed by atoms with Crippen molar-refractivity contribution < 1.29 is 29.0 Å². The van der Waals surface area contributed by atoms with Crippen LogP contribution in [0.1, 0.15) is 48.9 Å². The maximum Gasteiger partial charge on any atom is 0.441 e. The van der Waals surface area contributed by atoms with Crippen molar-refractivity contribution in [3.63, 3.8) is 0 Å². The fourth-order valence-corrected chi connectivity index (χ4v) is 4.66. The highest BCUT2D eigenvalue weighted by atomic mass is 35.5. The Morgan fingerprint density at radius 1 is 1.00 bits per heavy atom. The van der Waals surface area contributed by atoms with Crippen molar-refractivity contribution in [2.75, 3.05) is 44.2 Å². The highest BCUT2D eigenvalue weighted by Crippen LogP contribution is 2.29. The first kappa shape index (κ1) is 24.3. The molecule has 0 bridgehead atoms. The lowest BCUT2D eigenvalue weighted by Gasteiger charge is -2.32. The van der Waals surface area contributed by atoms with Gasteiger partial charge >= 0.3 is 12.1 Å². The topological polar surface area (TPSA) is 108 Å². The first-order chi connectivity index (χ1) is 16.4. The molecule has 1 N–H and O–H groups in total. The number of amides is 5. The highest BCUT2D eigenvalue weighted by Gasteiger charge is 2.29. The molecule has 3 aliphatic rings. The summed E-state index contributed by atoms with van der Waals surface area (Å²) in [6.45, 7) is 3.00. The molecule has 0 atom stereocenters. The van der Waals surface area contributed by atoms with Gasteiger partial charge in [0.25, 0.3) is 5.91 Å². The number of carbonyl (C=O) groups excluding carboxylic acids is 4. The van der Waals surface area contributed by atoms with E-state index in [0.29, 0.717) is 49.1 Å². The Bertz CT molecular complexity index is 943. The molecule has 184 valence electrons. The number of piperidine rings is 2. The molecule has 1 aromatic carbocycles. The molecule has 3 saturated heterocycles. The molecule has 5 amide bonds. The predicted octanol–water partition coefficient (Wildman–Crippen LogP) is 3.19. The summed E-state index contributed by atoms with van der Waals surface area (Å²) >= 11 is 6.28. The van der Waals surface area contributed by atoms with Crippen LogP contribution in [-0.2, 0) is 14.6 Å². The summed E-state index contributed by atoms with van der Waals surface area (Å²) in [5.41, 5.74) is 0.825. The second kappa shape index (κ2) is 11.1. The molecule has 1 aromatic rings. The van der Waals surface area contributed by atoms with Crippen molar-refractivity contribution >= 4 is 41.2 Å². The van der Waals surface area contributed by atoms with Gasteiger partial charge in [0.15, 0.2) is 0 Å². The van der Waals surface area contributed by atoms with Crippen LogP contribution in [0.15, 0.2) is 18.2 Å². The smallest absolute Gasteiger partial charge is 0.339 e. The largest absolute Gasteiger partial charge is 0.441 e. The molecule has 10 nitrogen and oxygen atoms in total. The summed E-state index contributed by atoms with van der Waals surface area (Å²) in [7, 11) is 0. The van der Waals surface area contributed by atoms with Crippen molar-refractivity contribution in [2.24, 2.45) is 5.92 Å². The number of nitrogens with zero attached hydrogens (tertiary/aromatic N) is 3. The highest BCUT2D eigenvalue weighted by molar-refractivity contribution is 6.34. The maximum absolute atomic E-state index is 13.1. The molecule has 0 saturated carbocycles. The lowest BCUT2D eigenvalue weighted by molar-refractivity contribution is -0.255. The number of anilines is 1. The number of urea groups is 1. The number of hydrogen-bond acceptors (Lipinski definition) is 6. The van der Waals surface area contributed by atoms with Gasteiger partial charge in [-0.2, -0.15) is 4.89 Å². The fourth-order valence-electron chi connectivity index (χ4n) is 4.44. The monoisotopic (exact) mass is 492 g/mol. The summed E-state index contributed by atoms with van der Waals surface area (Å²) in [6, 6.07) is 4.26. The minimum Gasteiger partial charge on any atom is -0.339 e. The van der Waals surface area contributed by atoms with Crippen LogP contribution in [0.5, 0.6) is 0 Å². The van der Waals surface area contributed by atoms with Gasteiger partial charge in [-0.05, 0) is 56.2 Å². The Hall–Kier alpha value is -2.85. The van der Waals surface area contributed by atoms with Crippen LogP contribution in [0, 0.1) is 5.92 Å². The summed E-state index contributed by atoms with van der Waals surface area (Å²) < 4.78 is 0. The zero-order valence-corrected chi connectivity index (χ0v) is 19.7. The van der Waals surface area contributed by atoms with Crippen LogP contribution in [0.25, 0.3) is 0 Å². The zero-order valence-electron chi connectivity index (χ0n) is 19.0. The Morgan fingerprint density at radius 2 is 1.74 bits per heavy atom. The van der Waals surface area contributed by atoms with Crippen LogP contribution < -0.4 is 10.2 Å². The molecule has 11 heteroatoms. The third-order valence-corrected chi connectivity index (χ3v) is 6.81. The van der Waals surface area contributed by atoms with Gasteiger partial charge in [0.1, 0.15) is 0 Å². The van der Waals surface area contributed by atoms with Crippen LogP contribution in [0.2, 0.25) is 5.02 Å². The van der Waals surface area contributed by atoms with Crippen molar-refractivity contribution in [3.05, 3.63) is 28.8 Å². The van der Waals surface area contributed by atoms with E-state index in [2.05, 4.69) is 5.32 Å². The van der Waals surface area contributed by atoms with E-state index >= 15 is 0 Å². The van der Waals surface area contributed by atoms with Crippen LogP contribution >= 0.6 is 11.6 Å². The number of halogens is 1. The van der Waals surface area contributed by atoms with Crippen LogP contribution in [0.4, 0.5) is 15.3 Å². The molecule has 0 spiro atoms. The number of rotatable bonds is 5. The van der Waals surface area contributed by atoms with Gasteiger partial charge in [-0.3, -0.25) is 24.7 Å². The standard InChI is InChI=1S/C23H29ClN4O6/c24-18-5-4-17(14-19(18)28-13-8-20(29)25-22(28)31)21(30)26-11-6-16(7-12-26)15-33-34-23(32)27-9-2-1-3-10-27/h4-5,14,16H,1-3,6-13,15H2,(H,25,29,31). The van der Waals surface area contributed by atoms with Gasteiger partial charge in [0, 0.05) is 44.7 Å². The van der Waals surface area contributed by atoms with Gasteiger partial charge in [-0.25, -0.2) is 9.59 Å². The minimum atomic E-state index is -0.551. The molecular formula is C23H29ClN4O6. The summed E-state index contributed by atoms with van der Waals surface area (Å²) in [5.74, 6) is -0.298. The molecule has 4 rings (SSSR count). The molecular weight excluding hydrogens is 464 g/mol. The zero-order chi connectivity index (χ0) is 24.1.